The van der Waals surface area contributed by atoms with Gasteiger partial charge in [-0.05, 0) is 141 Å². The van der Waals surface area contributed by atoms with E-state index in [0.717, 1.165) is 66.6 Å². The third kappa shape index (κ3) is 17.5. The molecule has 2 nitrogen and oxygen atoms in total. The van der Waals surface area contributed by atoms with Crippen molar-refractivity contribution in [2.24, 2.45) is 0 Å². The van der Waals surface area contributed by atoms with E-state index in [2.05, 4.69) is 90.6 Å². The van der Waals surface area contributed by atoms with E-state index >= 15 is 0 Å². The lowest BCUT2D eigenvalue weighted by Crippen LogP contribution is -2.09. The number of nitrogens with zero attached hydrogens (tertiary/aromatic N) is 2. The fraction of sp³-hybridized carbons (Fsp3) is 0.684. The summed E-state index contributed by atoms with van der Waals surface area (Å²) in [6.07, 6.45) is 41.6. The van der Waals surface area contributed by atoms with Crippen LogP contribution in [-0.4, -0.2) is 4.70 Å². The van der Waals surface area contributed by atoms with Crippen molar-refractivity contribution in [3.05, 3.63) is 86.0 Å². The van der Waals surface area contributed by atoms with Crippen molar-refractivity contribution in [1.82, 2.24) is 0 Å². The van der Waals surface area contributed by atoms with Crippen LogP contribution in [0.2, 0.25) is 0 Å². The summed E-state index contributed by atoms with van der Waals surface area (Å²) in [5.74, 6) is 7.11. The normalized spacial score (nSPS) is 12.7. The van der Waals surface area contributed by atoms with Crippen LogP contribution in [0.5, 0.6) is 0 Å². The molecule has 0 fully saturated rings. The van der Waals surface area contributed by atoms with Gasteiger partial charge in [0.2, 0.25) is 11.4 Å². The average molecular weight is 803 g/mol. The van der Waals surface area contributed by atoms with Gasteiger partial charge >= 0.3 is 0 Å². The predicted molar refractivity (Wildman–Crippen MR) is 261 cm³/mol. The van der Waals surface area contributed by atoms with E-state index in [1.807, 2.05) is 0 Å². The summed E-state index contributed by atoms with van der Waals surface area (Å²) < 4.78 is 1.56. The standard InChI is InChI=1S/C57H90N2/c1-8-15-22-29-35-47-42-52(43-48(36-30-23-16-9-2)54(47)40-33-26-19-12-5)56-46-51(39-28-21-14-7)57(59(56)58)53-44-49(37-31-24-17-10-3)55(41-34-27-20-13-6)50(45-53)38-32-25-18-11-4/h42-46H,8-27,29-38,40-41H2,1-7H3. The quantitative estimate of drug-likeness (QED) is 0.0390. The highest BCUT2D eigenvalue weighted by Gasteiger charge is 2.31. The van der Waals surface area contributed by atoms with Crippen LogP contribution in [0.15, 0.2) is 35.9 Å². The van der Waals surface area contributed by atoms with Gasteiger partial charge in [0, 0.05) is 23.6 Å². The molecule has 0 atom stereocenters. The molecule has 0 aliphatic carbocycles. The molecule has 328 valence electrons. The molecule has 2 heteroatoms. The van der Waals surface area contributed by atoms with Crippen LogP contribution in [-0.2, 0) is 38.5 Å². The monoisotopic (exact) mass is 803 g/mol. The van der Waals surface area contributed by atoms with Gasteiger partial charge in [0.25, 0.3) is 0 Å². The Morgan fingerprint density at radius 2 is 0.746 bits per heavy atom. The molecule has 2 aromatic carbocycles. The summed E-state index contributed by atoms with van der Waals surface area (Å²) >= 11 is 0. The molecule has 0 amide bonds. The Balaban J connectivity index is 2.21. The number of aryl methyl sites for hydroxylation is 4. The molecule has 2 aromatic rings. The van der Waals surface area contributed by atoms with Crippen molar-refractivity contribution >= 4 is 11.4 Å². The molecule has 0 bridgehead atoms. The van der Waals surface area contributed by atoms with Gasteiger partial charge in [0.05, 0.1) is 0 Å². The van der Waals surface area contributed by atoms with Crippen LogP contribution in [0.1, 0.15) is 260 Å². The van der Waals surface area contributed by atoms with Crippen LogP contribution in [0.25, 0.3) is 16.9 Å². The summed E-state index contributed by atoms with van der Waals surface area (Å²) in [6, 6.07) is 9.91. The van der Waals surface area contributed by atoms with Crippen molar-refractivity contribution in [2.75, 3.05) is 0 Å². The molecule has 0 saturated heterocycles. The Hall–Kier alpha value is -2.92. The number of unbranched alkanes of at least 4 members (excludes halogenated alkanes) is 19. The van der Waals surface area contributed by atoms with Gasteiger partial charge in [0.1, 0.15) is 5.57 Å². The molecule has 3 rings (SSSR count). The minimum absolute atomic E-state index is 0.865. The Labute approximate surface area is 366 Å². The van der Waals surface area contributed by atoms with Gasteiger partial charge in [-0.1, -0.05) is 176 Å². The van der Waals surface area contributed by atoms with Crippen molar-refractivity contribution in [2.45, 2.75) is 254 Å². The largest absolute Gasteiger partial charge is 0.493 e. The summed E-state index contributed by atoms with van der Waals surface area (Å²) in [6.45, 7) is 16.1. The van der Waals surface area contributed by atoms with E-state index in [1.165, 1.54) is 189 Å². The van der Waals surface area contributed by atoms with Gasteiger partial charge < -0.3 is 5.53 Å². The zero-order chi connectivity index (χ0) is 42.5. The second kappa shape index (κ2) is 31.0. The number of hydrogen-bond acceptors (Lipinski definition) is 0. The van der Waals surface area contributed by atoms with Crippen LogP contribution >= 0.6 is 0 Å². The zero-order valence-corrected chi connectivity index (χ0v) is 39.9. The number of benzene rings is 2. The topological polar surface area (TPSA) is 25.3 Å². The molecule has 0 radical (unpaired) electrons. The zero-order valence-electron chi connectivity index (χ0n) is 39.9. The molecular formula is C57H90N2. The summed E-state index contributed by atoms with van der Waals surface area (Å²) in [4.78, 5) is 0. The highest BCUT2D eigenvalue weighted by atomic mass is 15.2. The number of rotatable bonds is 33. The SMILES string of the molecule is CCCC#CC1=C(c2cc(CCCCCC)c(CCCCCC)c(CCCCCC)c2)[N+](=[N-])C(c2cc(CCCCCC)c(CCCCCC)c(CCCCCC)c2)=C1. The molecule has 1 aliphatic rings. The smallest absolute Gasteiger partial charge is 0.223 e. The molecule has 0 aromatic heterocycles. The third-order valence-corrected chi connectivity index (χ3v) is 12.8. The Morgan fingerprint density at radius 1 is 0.407 bits per heavy atom. The fourth-order valence-electron chi connectivity index (χ4n) is 9.20. The maximum Gasteiger partial charge on any atom is 0.223 e. The Bertz CT molecular complexity index is 1560. The first-order valence-corrected chi connectivity index (χ1v) is 25.7. The molecule has 0 saturated carbocycles. The number of allylic oxidation sites excluding steroid dienone is 2. The summed E-state index contributed by atoms with van der Waals surface area (Å²) in [5.41, 5.74) is 27.0. The van der Waals surface area contributed by atoms with Crippen LogP contribution in [0, 0.1) is 11.8 Å². The third-order valence-electron chi connectivity index (χ3n) is 12.8. The van der Waals surface area contributed by atoms with Gasteiger partial charge in [-0.3, -0.25) is 0 Å². The van der Waals surface area contributed by atoms with Crippen LogP contribution in [0.3, 0.4) is 0 Å². The van der Waals surface area contributed by atoms with Crippen LogP contribution < -0.4 is 0 Å². The van der Waals surface area contributed by atoms with E-state index in [9.17, 15) is 5.53 Å². The Kier molecular flexibility index (Phi) is 26.5. The first kappa shape index (κ1) is 50.4. The van der Waals surface area contributed by atoms with E-state index in [-0.39, 0.29) is 0 Å². The maximum atomic E-state index is 12.6. The predicted octanol–water partition coefficient (Wildman–Crippen LogP) is 18.0. The molecule has 0 spiro atoms. The van der Waals surface area contributed by atoms with Crippen molar-refractivity contribution in [3.8, 4) is 11.8 Å². The average Bonchev–Trinajstić information content (AvgIpc) is 3.57. The minimum Gasteiger partial charge on any atom is -0.493 e. The first-order chi connectivity index (χ1) is 29.0. The van der Waals surface area contributed by atoms with Gasteiger partial charge in [-0.15, -0.1) is 0 Å². The lowest BCUT2D eigenvalue weighted by atomic mass is 9.87. The maximum absolute atomic E-state index is 12.6. The van der Waals surface area contributed by atoms with Gasteiger partial charge in [-0.25, -0.2) is 4.70 Å². The summed E-state index contributed by atoms with van der Waals surface area (Å²) in [7, 11) is 0. The molecular weight excluding hydrogens is 713 g/mol. The molecule has 0 unspecified atom stereocenters. The second-order valence-electron chi connectivity index (χ2n) is 18.1. The van der Waals surface area contributed by atoms with Crippen molar-refractivity contribution in [1.29, 1.82) is 0 Å². The van der Waals surface area contributed by atoms with E-state index in [4.69, 9.17) is 0 Å². The molecule has 1 heterocycles. The molecule has 1 aliphatic heterocycles. The Morgan fingerprint density at radius 3 is 1.08 bits per heavy atom. The second-order valence-corrected chi connectivity index (χ2v) is 18.1. The molecule has 0 N–H and O–H groups in total. The van der Waals surface area contributed by atoms with Gasteiger partial charge in [0.15, 0.2) is 0 Å². The first-order valence-electron chi connectivity index (χ1n) is 25.7. The lowest BCUT2D eigenvalue weighted by Gasteiger charge is -2.20. The highest BCUT2D eigenvalue weighted by molar-refractivity contribution is 5.82. The summed E-state index contributed by atoms with van der Waals surface area (Å²) in [5, 5.41) is 0. The molecule has 59 heavy (non-hydrogen) atoms. The lowest BCUT2D eigenvalue weighted by molar-refractivity contribution is -0.344. The van der Waals surface area contributed by atoms with Crippen LogP contribution in [0.4, 0.5) is 0 Å². The number of hydrogen-bond donors (Lipinski definition) is 0. The fourth-order valence-corrected chi connectivity index (χ4v) is 9.20. The van der Waals surface area contributed by atoms with E-state index < -0.39 is 0 Å². The highest BCUT2D eigenvalue weighted by Crippen LogP contribution is 2.39. The van der Waals surface area contributed by atoms with E-state index in [0.29, 0.717) is 0 Å². The van der Waals surface area contributed by atoms with E-state index in [1.54, 1.807) is 15.8 Å². The van der Waals surface area contributed by atoms with Crippen molar-refractivity contribution in [3.63, 3.8) is 0 Å². The van der Waals surface area contributed by atoms with Crippen molar-refractivity contribution < 1.29 is 4.70 Å². The minimum atomic E-state index is 0.865. The van der Waals surface area contributed by atoms with Gasteiger partial charge in [-0.2, -0.15) is 0 Å².